The Morgan fingerprint density at radius 2 is 1.67 bits per heavy atom. The number of hydrogen-bond donors (Lipinski definition) is 1. The minimum absolute atomic E-state index is 1.28. The van der Waals surface area contributed by atoms with Gasteiger partial charge in [-0.1, -0.05) is 0 Å². The molecule has 0 aliphatic heterocycles. The van der Waals surface area contributed by atoms with E-state index in [0.717, 1.165) is 0 Å². The molecule has 0 unspecified atom stereocenters. The van der Waals surface area contributed by atoms with E-state index in [9.17, 15) is 8.78 Å². The molecule has 0 aromatic heterocycles. The number of thiol groups is 1. The lowest BCUT2D eigenvalue weighted by atomic mass is 11.1. The molecule has 0 radical (unpaired) electrons. The summed E-state index contributed by atoms with van der Waals surface area (Å²) in [5, 5.41) is -2.69. The molecule has 0 rings (SSSR count). The molecule has 0 amide bonds. The molecule has 0 spiro atoms. The maximum absolute atomic E-state index is 11.1. The maximum Gasteiger partial charge on any atom is 0.231 e. The molecular weight excluding hydrogens is 130 g/mol. The van der Waals surface area contributed by atoms with Crippen LogP contribution in [0.1, 0.15) is 0 Å². The van der Waals surface area contributed by atoms with Crippen LogP contribution in [0.15, 0.2) is 10.4 Å². The van der Waals surface area contributed by atoms with Crippen molar-refractivity contribution in [3.05, 3.63) is 10.4 Å². The maximum atomic E-state index is 11.1. The fourth-order valence-electron chi connectivity index (χ4n) is 0. The minimum atomic E-state index is -1.40. The van der Waals surface area contributed by atoms with E-state index in [4.69, 9.17) is 0 Å². The Hall–Kier alpha value is 0.240. The monoisotopic (exact) mass is 130 g/mol. The summed E-state index contributed by atoms with van der Waals surface area (Å²) in [6, 6.07) is 0. The summed E-state index contributed by atoms with van der Waals surface area (Å²) < 4.78 is 22.1. The molecular formula is C2HClF2S. The van der Waals surface area contributed by atoms with Gasteiger partial charge in [-0.15, -0.1) is 12.6 Å². The van der Waals surface area contributed by atoms with E-state index in [1.807, 2.05) is 0 Å². The van der Waals surface area contributed by atoms with Gasteiger partial charge in [-0.25, -0.2) is 0 Å². The third kappa shape index (κ3) is 2.48. The van der Waals surface area contributed by atoms with Gasteiger partial charge in [0.05, 0.1) is 0 Å². The van der Waals surface area contributed by atoms with Crippen molar-refractivity contribution in [2.24, 2.45) is 0 Å². The lowest BCUT2D eigenvalue weighted by Crippen LogP contribution is -1.52. The Morgan fingerprint density at radius 1 is 1.50 bits per heavy atom. The third-order valence-corrected chi connectivity index (χ3v) is 0.650. The molecule has 6 heavy (non-hydrogen) atoms. The highest BCUT2D eigenvalue weighted by molar-refractivity contribution is 7.84. The van der Waals surface area contributed by atoms with Gasteiger partial charge in [0, 0.05) is 0 Å². The van der Waals surface area contributed by atoms with Crippen LogP contribution in [0.4, 0.5) is 8.78 Å². The van der Waals surface area contributed by atoms with Gasteiger partial charge in [0.25, 0.3) is 0 Å². The first-order valence-electron chi connectivity index (χ1n) is 1.04. The Kier molecular flexibility index (Phi) is 2.52. The number of hydrogen-bond acceptors (Lipinski definition) is 1. The molecule has 0 heterocycles. The van der Waals surface area contributed by atoms with Crippen molar-refractivity contribution >= 4 is 24.2 Å². The fourth-order valence-corrected chi connectivity index (χ4v) is 0. The minimum Gasteiger partial charge on any atom is -0.195 e. The summed E-state index contributed by atoms with van der Waals surface area (Å²) in [6.07, 6.45) is 0. The average molecular weight is 131 g/mol. The molecule has 36 valence electrons. The van der Waals surface area contributed by atoms with Crippen molar-refractivity contribution < 1.29 is 8.78 Å². The SMILES string of the molecule is FC(S)=C(F)Cl. The van der Waals surface area contributed by atoms with Crippen molar-refractivity contribution in [2.75, 3.05) is 0 Å². The predicted octanol–water partition coefficient (Wildman–Crippen LogP) is 2.22. The Bertz CT molecular complexity index is 61.6. The summed E-state index contributed by atoms with van der Waals surface area (Å²) in [4.78, 5) is 0. The van der Waals surface area contributed by atoms with E-state index in [1.165, 1.54) is 0 Å². The molecule has 0 aliphatic carbocycles. The lowest BCUT2D eigenvalue weighted by Gasteiger charge is -1.74. The average Bonchev–Trinajstić information content (AvgIpc) is 1.36. The van der Waals surface area contributed by atoms with Crippen molar-refractivity contribution in [3.63, 3.8) is 0 Å². The van der Waals surface area contributed by atoms with Crippen molar-refractivity contribution in [3.8, 4) is 0 Å². The first-order chi connectivity index (χ1) is 2.64. The van der Waals surface area contributed by atoms with E-state index in [-0.39, 0.29) is 0 Å². The highest BCUT2D eigenvalue weighted by atomic mass is 35.5. The molecule has 0 aromatic carbocycles. The van der Waals surface area contributed by atoms with E-state index >= 15 is 0 Å². The largest absolute Gasteiger partial charge is 0.231 e. The van der Waals surface area contributed by atoms with Crippen LogP contribution in [0.25, 0.3) is 0 Å². The summed E-state index contributed by atoms with van der Waals surface area (Å²) in [7, 11) is 0. The van der Waals surface area contributed by atoms with Crippen LogP contribution in [-0.4, -0.2) is 0 Å². The molecule has 0 aliphatic rings. The quantitative estimate of drug-likeness (QED) is 0.478. The second-order valence-corrected chi connectivity index (χ2v) is 1.28. The second kappa shape index (κ2) is 2.42. The number of rotatable bonds is 0. The summed E-state index contributed by atoms with van der Waals surface area (Å²) in [5.41, 5.74) is 0. The molecule has 0 N–H and O–H groups in total. The molecule has 0 saturated heterocycles. The molecule has 0 atom stereocenters. The molecule has 0 bridgehead atoms. The van der Waals surface area contributed by atoms with Gasteiger partial charge in [0.2, 0.25) is 10.4 Å². The summed E-state index contributed by atoms with van der Waals surface area (Å²) in [6.45, 7) is 0. The van der Waals surface area contributed by atoms with Gasteiger partial charge in [0.1, 0.15) is 0 Å². The van der Waals surface area contributed by atoms with Gasteiger partial charge in [-0.05, 0) is 11.6 Å². The lowest BCUT2D eigenvalue weighted by molar-refractivity contribution is 0.614. The van der Waals surface area contributed by atoms with E-state index < -0.39 is 10.4 Å². The smallest absolute Gasteiger partial charge is 0.195 e. The normalized spacial score (nSPS) is 14.0. The fraction of sp³-hybridized carbons (Fsp3) is 0. The Labute approximate surface area is 44.2 Å². The molecule has 4 heteroatoms. The first-order valence-corrected chi connectivity index (χ1v) is 1.87. The topological polar surface area (TPSA) is 0 Å². The molecule has 0 aromatic rings. The van der Waals surface area contributed by atoms with Crippen LogP contribution < -0.4 is 0 Å². The van der Waals surface area contributed by atoms with Crippen LogP contribution in [0.2, 0.25) is 0 Å². The summed E-state index contributed by atoms with van der Waals surface area (Å²) >= 11 is 7.27. The van der Waals surface area contributed by atoms with Crippen molar-refractivity contribution in [1.82, 2.24) is 0 Å². The zero-order chi connectivity index (χ0) is 5.15. The number of halogens is 3. The van der Waals surface area contributed by atoms with Crippen molar-refractivity contribution in [1.29, 1.82) is 0 Å². The Morgan fingerprint density at radius 3 is 1.67 bits per heavy atom. The van der Waals surface area contributed by atoms with Gasteiger partial charge in [-0.2, -0.15) is 8.78 Å². The van der Waals surface area contributed by atoms with Crippen LogP contribution in [0.5, 0.6) is 0 Å². The standard InChI is InChI=1S/C2HClF2S/c3-1(4)2(5)6/h6H. The predicted molar refractivity (Wildman–Crippen MR) is 24.1 cm³/mol. The third-order valence-electron chi connectivity index (χ3n) is 0.156. The van der Waals surface area contributed by atoms with Crippen LogP contribution in [0.3, 0.4) is 0 Å². The highest BCUT2D eigenvalue weighted by Crippen LogP contribution is 2.13. The van der Waals surface area contributed by atoms with Crippen LogP contribution in [-0.2, 0) is 0 Å². The zero-order valence-electron chi connectivity index (χ0n) is 2.58. The van der Waals surface area contributed by atoms with Gasteiger partial charge >= 0.3 is 0 Å². The zero-order valence-corrected chi connectivity index (χ0v) is 4.23. The Balaban J connectivity index is 3.68. The van der Waals surface area contributed by atoms with Crippen molar-refractivity contribution in [2.45, 2.75) is 0 Å². The first kappa shape index (κ1) is 6.24. The second-order valence-electron chi connectivity index (χ2n) is 0.551. The van der Waals surface area contributed by atoms with E-state index in [1.54, 1.807) is 0 Å². The molecule has 0 saturated carbocycles. The van der Waals surface area contributed by atoms with E-state index in [2.05, 4.69) is 24.2 Å². The van der Waals surface area contributed by atoms with Gasteiger partial charge in [0.15, 0.2) is 0 Å². The molecule has 0 fully saturated rings. The van der Waals surface area contributed by atoms with Crippen LogP contribution >= 0.6 is 24.2 Å². The summed E-state index contributed by atoms with van der Waals surface area (Å²) in [5.74, 6) is 0. The molecule has 0 nitrogen and oxygen atoms in total. The van der Waals surface area contributed by atoms with Gasteiger partial charge < -0.3 is 0 Å². The highest BCUT2D eigenvalue weighted by Gasteiger charge is 1.91. The van der Waals surface area contributed by atoms with Gasteiger partial charge in [-0.3, -0.25) is 0 Å². The van der Waals surface area contributed by atoms with E-state index in [0.29, 0.717) is 0 Å². The van der Waals surface area contributed by atoms with Crippen LogP contribution in [0, 0.1) is 0 Å².